The van der Waals surface area contributed by atoms with Crippen molar-refractivity contribution in [2.75, 3.05) is 0 Å². The minimum Gasteiger partial charge on any atom is -0.340 e. The van der Waals surface area contributed by atoms with Gasteiger partial charge in [-0.15, -0.1) is 0 Å². The number of nitrogens with zero attached hydrogens (tertiary/aromatic N) is 1. The molecular formula is C16H14N2O3S. The van der Waals surface area contributed by atoms with Gasteiger partial charge in [-0.2, -0.15) is 0 Å². The van der Waals surface area contributed by atoms with Crippen molar-refractivity contribution in [3.63, 3.8) is 0 Å². The molecule has 1 N–H and O–H groups in total. The molecule has 1 heterocycles. The van der Waals surface area contributed by atoms with Crippen LogP contribution >= 0.6 is 11.8 Å². The van der Waals surface area contributed by atoms with Crippen LogP contribution in [0.2, 0.25) is 0 Å². The number of hydrogen-bond donors (Lipinski definition) is 1. The van der Waals surface area contributed by atoms with Gasteiger partial charge in [0.1, 0.15) is 0 Å². The van der Waals surface area contributed by atoms with Crippen LogP contribution in [-0.2, 0) is 0 Å². The molecule has 0 aromatic heterocycles. The Balaban J connectivity index is 1.81. The number of rotatable bonds is 3. The third-order valence-corrected chi connectivity index (χ3v) is 4.75. The molecule has 2 aromatic carbocycles. The molecule has 1 fully saturated rings. The topological polar surface area (TPSA) is 72.2 Å². The fourth-order valence-corrected chi connectivity index (χ4v) is 3.60. The summed E-state index contributed by atoms with van der Waals surface area (Å²) in [5.74, 6) is 0. The lowest BCUT2D eigenvalue weighted by Gasteiger charge is -2.29. The lowest BCUT2D eigenvalue weighted by atomic mass is 9.98. The van der Waals surface area contributed by atoms with Gasteiger partial charge in [-0.05, 0) is 17.5 Å². The molecule has 1 aliphatic heterocycles. The number of benzene rings is 2. The van der Waals surface area contributed by atoms with E-state index in [4.69, 9.17) is 0 Å². The van der Waals surface area contributed by atoms with Gasteiger partial charge in [0.05, 0.1) is 11.0 Å². The molecule has 0 radical (unpaired) electrons. The maximum atomic E-state index is 11.9. The molecular weight excluding hydrogens is 300 g/mol. The van der Waals surface area contributed by atoms with Crippen LogP contribution in [0.1, 0.15) is 28.8 Å². The van der Waals surface area contributed by atoms with Gasteiger partial charge in [-0.1, -0.05) is 54.2 Å². The summed E-state index contributed by atoms with van der Waals surface area (Å²) in [4.78, 5) is 22.2. The first-order chi connectivity index (χ1) is 10.6. The van der Waals surface area contributed by atoms with Crippen LogP contribution in [0.4, 0.5) is 10.5 Å². The summed E-state index contributed by atoms with van der Waals surface area (Å²) in [5.41, 5.74) is 2.06. The molecule has 2 aromatic rings. The molecule has 1 amide bonds. The predicted molar refractivity (Wildman–Crippen MR) is 85.8 cm³/mol. The van der Waals surface area contributed by atoms with Crippen LogP contribution in [0, 0.1) is 10.1 Å². The van der Waals surface area contributed by atoms with Crippen LogP contribution in [0.15, 0.2) is 54.6 Å². The number of hydrogen-bond acceptors (Lipinski definition) is 4. The second kappa shape index (κ2) is 6.19. The molecule has 2 atom stereocenters. The Bertz CT molecular complexity index is 688. The van der Waals surface area contributed by atoms with E-state index in [2.05, 4.69) is 5.32 Å². The van der Waals surface area contributed by atoms with Gasteiger partial charge in [0, 0.05) is 17.4 Å². The first kappa shape index (κ1) is 14.6. The fraction of sp³-hybridized carbons (Fsp3) is 0.188. The second-order valence-electron chi connectivity index (χ2n) is 5.09. The highest BCUT2D eigenvalue weighted by Gasteiger charge is 2.29. The van der Waals surface area contributed by atoms with E-state index in [0.717, 1.165) is 17.5 Å². The molecule has 22 heavy (non-hydrogen) atoms. The monoisotopic (exact) mass is 314 g/mol. The Hall–Kier alpha value is -2.34. The van der Waals surface area contributed by atoms with Crippen molar-refractivity contribution in [2.24, 2.45) is 0 Å². The van der Waals surface area contributed by atoms with E-state index in [-0.39, 0.29) is 22.2 Å². The van der Waals surface area contributed by atoms with E-state index in [1.807, 2.05) is 30.3 Å². The van der Waals surface area contributed by atoms with Crippen molar-refractivity contribution in [3.8, 4) is 0 Å². The highest BCUT2D eigenvalue weighted by molar-refractivity contribution is 8.13. The number of nitrogens with one attached hydrogen (secondary N) is 1. The number of carbonyl (C=O) groups excluding carboxylic acids is 1. The van der Waals surface area contributed by atoms with Crippen LogP contribution in [0.5, 0.6) is 0 Å². The average molecular weight is 314 g/mol. The lowest BCUT2D eigenvalue weighted by molar-refractivity contribution is -0.384. The number of carbonyl (C=O) groups is 1. The summed E-state index contributed by atoms with van der Waals surface area (Å²) in [6, 6.07) is 16.1. The van der Waals surface area contributed by atoms with E-state index in [1.54, 1.807) is 12.1 Å². The molecule has 112 valence electrons. The Morgan fingerprint density at radius 1 is 1.05 bits per heavy atom. The predicted octanol–water partition coefficient (Wildman–Crippen LogP) is 4.22. The second-order valence-corrected chi connectivity index (χ2v) is 6.26. The van der Waals surface area contributed by atoms with E-state index >= 15 is 0 Å². The number of amides is 1. The van der Waals surface area contributed by atoms with Gasteiger partial charge in [0.2, 0.25) is 0 Å². The zero-order valence-corrected chi connectivity index (χ0v) is 12.5. The molecule has 0 unspecified atom stereocenters. The molecule has 0 bridgehead atoms. The van der Waals surface area contributed by atoms with Crippen LogP contribution in [0.3, 0.4) is 0 Å². The van der Waals surface area contributed by atoms with Crippen LogP contribution < -0.4 is 5.32 Å². The largest absolute Gasteiger partial charge is 0.340 e. The number of non-ortho nitro benzene ring substituents is 1. The minimum atomic E-state index is -0.425. The number of nitro groups is 1. The zero-order chi connectivity index (χ0) is 15.5. The maximum absolute atomic E-state index is 11.9. The fourth-order valence-electron chi connectivity index (χ4n) is 2.55. The Morgan fingerprint density at radius 3 is 2.36 bits per heavy atom. The lowest BCUT2D eigenvalue weighted by Crippen LogP contribution is -2.31. The van der Waals surface area contributed by atoms with E-state index in [9.17, 15) is 14.9 Å². The van der Waals surface area contributed by atoms with E-state index in [0.29, 0.717) is 0 Å². The van der Waals surface area contributed by atoms with Crippen molar-refractivity contribution in [1.29, 1.82) is 0 Å². The molecule has 0 spiro atoms. The molecule has 6 heteroatoms. The minimum absolute atomic E-state index is 0.0554. The number of thioether (sulfide) groups is 1. The standard InChI is InChI=1S/C16H14N2O3S/c19-16-17-14(11-6-8-13(9-7-11)18(20)21)10-15(22-16)12-4-2-1-3-5-12/h1-9,14-15H,10H2,(H,17,19)/t14-,15+/m0/s1. The van der Waals surface area contributed by atoms with Gasteiger partial charge in [-0.3, -0.25) is 14.9 Å². The summed E-state index contributed by atoms with van der Waals surface area (Å²) in [6.45, 7) is 0. The maximum Gasteiger partial charge on any atom is 0.280 e. The third kappa shape index (κ3) is 3.12. The first-order valence-corrected chi connectivity index (χ1v) is 7.78. The van der Waals surface area contributed by atoms with Crippen molar-refractivity contribution < 1.29 is 9.72 Å². The summed E-state index contributed by atoms with van der Waals surface area (Å²) in [7, 11) is 0. The van der Waals surface area contributed by atoms with Gasteiger partial charge in [-0.25, -0.2) is 0 Å². The SMILES string of the molecule is O=C1N[C@H](c2ccc([N+](=O)[O-])cc2)C[C@H](c2ccccc2)S1. The highest BCUT2D eigenvalue weighted by atomic mass is 32.2. The number of nitro benzene ring substituents is 1. The molecule has 5 nitrogen and oxygen atoms in total. The van der Waals surface area contributed by atoms with Crippen molar-refractivity contribution in [2.45, 2.75) is 17.7 Å². The van der Waals surface area contributed by atoms with Crippen molar-refractivity contribution in [3.05, 3.63) is 75.8 Å². The molecule has 3 rings (SSSR count). The van der Waals surface area contributed by atoms with Gasteiger partial charge >= 0.3 is 0 Å². The molecule has 1 aliphatic rings. The quantitative estimate of drug-likeness (QED) is 0.680. The normalized spacial score (nSPS) is 21.2. The summed E-state index contributed by atoms with van der Waals surface area (Å²) < 4.78 is 0. The van der Waals surface area contributed by atoms with Crippen molar-refractivity contribution >= 4 is 22.7 Å². The van der Waals surface area contributed by atoms with Gasteiger partial charge in [0.25, 0.3) is 10.9 Å². The van der Waals surface area contributed by atoms with Crippen LogP contribution in [0.25, 0.3) is 0 Å². The summed E-state index contributed by atoms with van der Waals surface area (Å²) >= 11 is 1.29. The van der Waals surface area contributed by atoms with Gasteiger partial charge < -0.3 is 5.32 Å². The summed E-state index contributed by atoms with van der Waals surface area (Å²) in [6.07, 6.45) is 0.762. The molecule has 0 saturated carbocycles. The molecule has 1 saturated heterocycles. The molecule has 0 aliphatic carbocycles. The Morgan fingerprint density at radius 2 is 1.73 bits per heavy atom. The van der Waals surface area contributed by atoms with E-state index in [1.165, 1.54) is 23.9 Å². The third-order valence-electron chi connectivity index (χ3n) is 3.67. The average Bonchev–Trinajstić information content (AvgIpc) is 2.55. The Labute approximate surface area is 131 Å². The zero-order valence-electron chi connectivity index (χ0n) is 11.6. The Kier molecular flexibility index (Phi) is 4.11. The van der Waals surface area contributed by atoms with Crippen LogP contribution in [-0.4, -0.2) is 10.2 Å². The smallest absolute Gasteiger partial charge is 0.280 e. The van der Waals surface area contributed by atoms with Gasteiger partial charge in [0.15, 0.2) is 0 Å². The summed E-state index contributed by atoms with van der Waals surface area (Å²) in [5, 5.41) is 13.7. The highest BCUT2D eigenvalue weighted by Crippen LogP contribution is 2.41. The van der Waals surface area contributed by atoms with E-state index < -0.39 is 4.92 Å². The van der Waals surface area contributed by atoms with Crippen molar-refractivity contribution in [1.82, 2.24) is 5.32 Å². The first-order valence-electron chi connectivity index (χ1n) is 6.90.